The third-order valence-electron chi connectivity index (χ3n) is 2.58. The van der Waals surface area contributed by atoms with Crippen LogP contribution in [0.5, 0.6) is 0 Å². The minimum atomic E-state index is -3.12. The van der Waals surface area contributed by atoms with Crippen molar-refractivity contribution < 1.29 is 8.42 Å². The van der Waals surface area contributed by atoms with Gasteiger partial charge < -0.3 is 10.6 Å². The first kappa shape index (κ1) is 17.7. The third kappa shape index (κ3) is 8.54. The Balaban J connectivity index is 2.26. The van der Waals surface area contributed by atoms with Crippen LogP contribution in [0.25, 0.3) is 0 Å². The van der Waals surface area contributed by atoms with E-state index in [9.17, 15) is 8.42 Å². The minimum Gasteiger partial charge on any atom is -0.356 e. The molecule has 0 aliphatic rings. The van der Waals surface area contributed by atoms with Gasteiger partial charge in [0.2, 0.25) is 10.0 Å². The lowest BCUT2D eigenvalue weighted by atomic mass is 10.2. The molecular formula is C13H21ClN4O2S. The summed E-state index contributed by atoms with van der Waals surface area (Å²) in [5.74, 6) is 0.661. The standard InChI is InChI=1S/C13H21ClN4O2S/c1-15-13(16-7-4-8-18-21(2,19)20)17-10-11-5-3-6-12(14)9-11/h3,5-6,9,18H,4,7-8,10H2,1-2H3,(H2,15,16,17). The summed E-state index contributed by atoms with van der Waals surface area (Å²) in [5.41, 5.74) is 1.06. The highest BCUT2D eigenvalue weighted by Crippen LogP contribution is 2.10. The van der Waals surface area contributed by atoms with E-state index in [2.05, 4.69) is 20.3 Å². The number of sulfonamides is 1. The molecule has 0 fully saturated rings. The van der Waals surface area contributed by atoms with Gasteiger partial charge in [0.25, 0.3) is 0 Å². The summed E-state index contributed by atoms with van der Waals surface area (Å²) in [5, 5.41) is 6.97. The molecule has 118 valence electrons. The lowest BCUT2D eigenvalue weighted by molar-refractivity contribution is 0.584. The highest BCUT2D eigenvalue weighted by Gasteiger charge is 2.01. The van der Waals surface area contributed by atoms with Crippen LogP contribution in [0.4, 0.5) is 0 Å². The zero-order valence-electron chi connectivity index (χ0n) is 12.2. The first-order valence-corrected chi connectivity index (χ1v) is 8.81. The normalized spacial score (nSPS) is 12.2. The second-order valence-electron chi connectivity index (χ2n) is 4.50. The van der Waals surface area contributed by atoms with E-state index in [1.165, 1.54) is 0 Å². The molecule has 0 aromatic heterocycles. The number of nitrogens with zero attached hydrogens (tertiary/aromatic N) is 1. The van der Waals surface area contributed by atoms with Crippen LogP contribution in [-0.4, -0.2) is 40.8 Å². The fourth-order valence-corrected chi connectivity index (χ4v) is 2.33. The number of hydrogen-bond donors (Lipinski definition) is 3. The monoisotopic (exact) mass is 332 g/mol. The molecule has 8 heteroatoms. The highest BCUT2D eigenvalue weighted by molar-refractivity contribution is 7.88. The van der Waals surface area contributed by atoms with Crippen LogP contribution in [0.1, 0.15) is 12.0 Å². The molecule has 0 amide bonds. The molecule has 6 nitrogen and oxygen atoms in total. The van der Waals surface area contributed by atoms with Crippen molar-refractivity contribution in [3.05, 3.63) is 34.9 Å². The lowest BCUT2D eigenvalue weighted by Crippen LogP contribution is -2.38. The highest BCUT2D eigenvalue weighted by atomic mass is 35.5. The predicted molar refractivity (Wildman–Crippen MR) is 87.1 cm³/mol. The molecule has 0 unspecified atom stereocenters. The molecule has 1 rings (SSSR count). The second-order valence-corrected chi connectivity index (χ2v) is 6.77. The molecule has 0 aliphatic carbocycles. The Morgan fingerprint density at radius 3 is 2.67 bits per heavy atom. The quantitative estimate of drug-likeness (QED) is 0.394. The van der Waals surface area contributed by atoms with Crippen LogP contribution in [0.3, 0.4) is 0 Å². The van der Waals surface area contributed by atoms with Gasteiger partial charge in [-0.05, 0) is 24.1 Å². The van der Waals surface area contributed by atoms with E-state index < -0.39 is 10.0 Å². The van der Waals surface area contributed by atoms with Crippen molar-refractivity contribution in [2.75, 3.05) is 26.4 Å². The van der Waals surface area contributed by atoms with E-state index in [0.29, 0.717) is 37.0 Å². The number of halogens is 1. The van der Waals surface area contributed by atoms with Crippen LogP contribution >= 0.6 is 11.6 Å². The average Bonchev–Trinajstić information content (AvgIpc) is 2.40. The molecule has 3 N–H and O–H groups in total. The fourth-order valence-electron chi connectivity index (χ4n) is 1.61. The molecule has 0 spiro atoms. The number of hydrogen-bond acceptors (Lipinski definition) is 3. The smallest absolute Gasteiger partial charge is 0.208 e. The Bertz CT molecular complexity index is 575. The first-order valence-electron chi connectivity index (χ1n) is 6.54. The van der Waals surface area contributed by atoms with Gasteiger partial charge in [-0.2, -0.15) is 0 Å². The summed E-state index contributed by atoms with van der Waals surface area (Å²) in [4.78, 5) is 4.09. The number of benzene rings is 1. The Labute approximate surface area is 131 Å². The van der Waals surface area contributed by atoms with Crippen molar-refractivity contribution in [2.24, 2.45) is 4.99 Å². The van der Waals surface area contributed by atoms with E-state index in [4.69, 9.17) is 11.6 Å². The first-order chi connectivity index (χ1) is 9.90. The maximum atomic E-state index is 10.9. The molecular weight excluding hydrogens is 312 g/mol. The number of guanidine groups is 1. The molecule has 0 radical (unpaired) electrons. The van der Waals surface area contributed by atoms with Gasteiger partial charge in [-0.25, -0.2) is 13.1 Å². The van der Waals surface area contributed by atoms with Crippen molar-refractivity contribution in [3.63, 3.8) is 0 Å². The summed E-state index contributed by atoms with van der Waals surface area (Å²) < 4.78 is 24.2. The zero-order chi connectivity index (χ0) is 15.7. The second kappa shape index (κ2) is 8.86. The van der Waals surface area contributed by atoms with Crippen molar-refractivity contribution in [1.82, 2.24) is 15.4 Å². The van der Waals surface area contributed by atoms with Crippen molar-refractivity contribution in [1.29, 1.82) is 0 Å². The average molecular weight is 333 g/mol. The molecule has 0 saturated heterocycles. The molecule has 1 aromatic carbocycles. The third-order valence-corrected chi connectivity index (χ3v) is 3.55. The van der Waals surface area contributed by atoms with Gasteiger partial charge in [-0.1, -0.05) is 23.7 Å². The van der Waals surface area contributed by atoms with Gasteiger partial charge in [0.15, 0.2) is 5.96 Å². The van der Waals surface area contributed by atoms with Crippen molar-refractivity contribution >= 4 is 27.6 Å². The van der Waals surface area contributed by atoms with E-state index in [-0.39, 0.29) is 0 Å². The van der Waals surface area contributed by atoms with E-state index in [1.54, 1.807) is 7.05 Å². The summed E-state index contributed by atoms with van der Waals surface area (Å²) in [6, 6.07) is 7.58. The topological polar surface area (TPSA) is 82.6 Å². The van der Waals surface area contributed by atoms with Crippen molar-refractivity contribution in [3.8, 4) is 0 Å². The summed E-state index contributed by atoms with van der Waals surface area (Å²) in [6.45, 7) is 1.64. The summed E-state index contributed by atoms with van der Waals surface area (Å²) in [7, 11) is -1.43. The molecule has 1 aromatic rings. The Kier molecular flexibility index (Phi) is 7.49. The lowest BCUT2D eigenvalue weighted by Gasteiger charge is -2.12. The van der Waals surface area contributed by atoms with E-state index in [1.807, 2.05) is 24.3 Å². The van der Waals surface area contributed by atoms with Gasteiger partial charge in [-0.3, -0.25) is 4.99 Å². The number of rotatable bonds is 7. The van der Waals surface area contributed by atoms with Gasteiger partial charge in [0.1, 0.15) is 0 Å². The molecule has 0 bridgehead atoms. The maximum absolute atomic E-state index is 10.9. The van der Waals surface area contributed by atoms with Crippen LogP contribution in [0.2, 0.25) is 5.02 Å². The van der Waals surface area contributed by atoms with Crippen LogP contribution in [0, 0.1) is 0 Å². The molecule has 0 saturated carbocycles. The Morgan fingerprint density at radius 2 is 2.05 bits per heavy atom. The molecule has 21 heavy (non-hydrogen) atoms. The van der Waals surface area contributed by atoms with Gasteiger partial charge >= 0.3 is 0 Å². The number of aliphatic imine (C=N–C) groups is 1. The predicted octanol–water partition coefficient (Wildman–Crippen LogP) is 0.944. The largest absolute Gasteiger partial charge is 0.356 e. The molecule has 0 atom stereocenters. The van der Waals surface area contributed by atoms with E-state index in [0.717, 1.165) is 11.8 Å². The van der Waals surface area contributed by atoms with Gasteiger partial charge in [0, 0.05) is 31.7 Å². The van der Waals surface area contributed by atoms with Gasteiger partial charge in [0.05, 0.1) is 6.26 Å². The van der Waals surface area contributed by atoms with Crippen LogP contribution < -0.4 is 15.4 Å². The molecule has 0 aliphatic heterocycles. The Hall–Kier alpha value is -1.31. The Morgan fingerprint density at radius 1 is 1.29 bits per heavy atom. The molecule has 0 heterocycles. The van der Waals surface area contributed by atoms with Crippen molar-refractivity contribution in [2.45, 2.75) is 13.0 Å². The zero-order valence-corrected chi connectivity index (χ0v) is 13.8. The van der Waals surface area contributed by atoms with E-state index >= 15 is 0 Å². The summed E-state index contributed by atoms with van der Waals surface area (Å²) >= 11 is 5.92. The maximum Gasteiger partial charge on any atom is 0.208 e. The minimum absolute atomic E-state index is 0.400. The summed E-state index contributed by atoms with van der Waals surface area (Å²) in [6.07, 6.45) is 1.82. The SMILES string of the molecule is CN=C(NCCCNS(C)(=O)=O)NCc1cccc(Cl)c1. The van der Waals surface area contributed by atoms with Crippen LogP contribution in [-0.2, 0) is 16.6 Å². The van der Waals surface area contributed by atoms with Gasteiger partial charge in [-0.15, -0.1) is 0 Å². The number of nitrogens with one attached hydrogen (secondary N) is 3. The fraction of sp³-hybridized carbons (Fsp3) is 0.462. The van der Waals surface area contributed by atoms with Crippen LogP contribution in [0.15, 0.2) is 29.3 Å².